The van der Waals surface area contributed by atoms with E-state index in [-0.39, 0.29) is 0 Å². The minimum Gasteiger partial charge on any atom is -0.439 e. The van der Waals surface area contributed by atoms with Gasteiger partial charge in [0, 0.05) is 19.5 Å². The summed E-state index contributed by atoms with van der Waals surface area (Å²) in [6.07, 6.45) is 0.776. The van der Waals surface area contributed by atoms with E-state index in [1.54, 1.807) is 6.07 Å². The van der Waals surface area contributed by atoms with Crippen molar-refractivity contribution in [1.82, 2.24) is 9.97 Å². The van der Waals surface area contributed by atoms with Crippen LogP contribution in [0.4, 0.5) is 5.82 Å². The second-order valence-electron chi connectivity index (χ2n) is 4.94. The van der Waals surface area contributed by atoms with Crippen molar-refractivity contribution in [3.05, 3.63) is 41.7 Å². The Morgan fingerprint density at radius 2 is 1.85 bits per heavy atom. The Morgan fingerprint density at radius 3 is 2.40 bits per heavy atom. The second kappa shape index (κ2) is 6.37. The van der Waals surface area contributed by atoms with Crippen molar-refractivity contribution in [1.29, 1.82) is 0 Å². The van der Waals surface area contributed by atoms with Gasteiger partial charge in [-0.3, -0.25) is 0 Å². The molecule has 0 saturated carbocycles. The van der Waals surface area contributed by atoms with Gasteiger partial charge in [0.05, 0.1) is 0 Å². The fraction of sp³-hybridized carbons (Fsp3) is 0.375. The van der Waals surface area contributed by atoms with Gasteiger partial charge >= 0.3 is 0 Å². The summed E-state index contributed by atoms with van der Waals surface area (Å²) < 4.78 is 5.81. The van der Waals surface area contributed by atoms with Crippen molar-refractivity contribution in [2.24, 2.45) is 0 Å². The van der Waals surface area contributed by atoms with E-state index >= 15 is 0 Å². The van der Waals surface area contributed by atoms with E-state index < -0.39 is 0 Å². The minimum absolute atomic E-state index is 0.519. The van der Waals surface area contributed by atoms with Gasteiger partial charge in [0.2, 0.25) is 5.88 Å². The molecule has 0 saturated heterocycles. The predicted molar refractivity (Wildman–Crippen MR) is 81.6 cm³/mol. The molecule has 20 heavy (non-hydrogen) atoms. The zero-order chi connectivity index (χ0) is 14.5. The standard InChI is InChI=1S/C16H21N3O/c1-5-14-18-15(17-4)10-16(19-14)20-13-8-6-12(7-9-13)11(2)3/h6-11H,5H2,1-4H3,(H,17,18,19). The molecule has 0 aliphatic heterocycles. The number of benzene rings is 1. The molecular weight excluding hydrogens is 250 g/mol. The first-order chi connectivity index (χ1) is 9.62. The van der Waals surface area contributed by atoms with Gasteiger partial charge in [-0.15, -0.1) is 0 Å². The summed E-state index contributed by atoms with van der Waals surface area (Å²) >= 11 is 0. The maximum atomic E-state index is 5.81. The van der Waals surface area contributed by atoms with Gasteiger partial charge in [-0.25, -0.2) is 4.98 Å². The molecule has 0 atom stereocenters. The number of hydrogen-bond acceptors (Lipinski definition) is 4. The molecule has 0 radical (unpaired) electrons. The number of rotatable bonds is 5. The summed E-state index contributed by atoms with van der Waals surface area (Å²) in [6.45, 7) is 6.37. The van der Waals surface area contributed by atoms with Crippen LogP contribution in [0, 0.1) is 0 Å². The van der Waals surface area contributed by atoms with Gasteiger partial charge in [-0.2, -0.15) is 4.98 Å². The summed E-state index contributed by atoms with van der Waals surface area (Å²) in [7, 11) is 1.84. The number of aromatic nitrogens is 2. The number of aryl methyl sites for hydroxylation is 1. The van der Waals surface area contributed by atoms with Crippen LogP contribution < -0.4 is 10.1 Å². The summed E-state index contributed by atoms with van der Waals surface area (Å²) in [5, 5.41) is 3.02. The third kappa shape index (κ3) is 3.47. The van der Waals surface area contributed by atoms with Crippen molar-refractivity contribution in [3.8, 4) is 11.6 Å². The first kappa shape index (κ1) is 14.3. The molecule has 0 amide bonds. The summed E-state index contributed by atoms with van der Waals surface area (Å²) in [6, 6.07) is 9.92. The summed E-state index contributed by atoms with van der Waals surface area (Å²) in [5.41, 5.74) is 1.30. The molecule has 1 heterocycles. The zero-order valence-corrected chi connectivity index (χ0v) is 12.5. The predicted octanol–water partition coefficient (Wildman–Crippen LogP) is 4.00. The lowest BCUT2D eigenvalue weighted by molar-refractivity contribution is 0.459. The van der Waals surface area contributed by atoms with Crippen LogP contribution in [0.1, 0.15) is 38.1 Å². The number of hydrogen-bond donors (Lipinski definition) is 1. The maximum Gasteiger partial charge on any atom is 0.224 e. The number of anilines is 1. The molecule has 1 aromatic carbocycles. The van der Waals surface area contributed by atoms with E-state index in [1.807, 2.05) is 26.1 Å². The smallest absolute Gasteiger partial charge is 0.224 e. The molecule has 2 rings (SSSR count). The lowest BCUT2D eigenvalue weighted by Gasteiger charge is -2.10. The van der Waals surface area contributed by atoms with Crippen LogP contribution in [-0.4, -0.2) is 17.0 Å². The van der Waals surface area contributed by atoms with Crippen molar-refractivity contribution < 1.29 is 4.74 Å². The highest BCUT2D eigenvalue weighted by molar-refractivity contribution is 5.40. The second-order valence-corrected chi connectivity index (χ2v) is 4.94. The van der Waals surface area contributed by atoms with Crippen LogP contribution in [0.5, 0.6) is 11.6 Å². The average Bonchev–Trinajstić information content (AvgIpc) is 2.47. The van der Waals surface area contributed by atoms with Crippen molar-refractivity contribution in [2.45, 2.75) is 33.1 Å². The molecule has 4 heteroatoms. The molecule has 0 bridgehead atoms. The van der Waals surface area contributed by atoms with Crippen LogP contribution in [0.25, 0.3) is 0 Å². The van der Waals surface area contributed by atoms with Crippen LogP contribution in [0.2, 0.25) is 0 Å². The van der Waals surface area contributed by atoms with Gasteiger partial charge in [0.15, 0.2) is 0 Å². The monoisotopic (exact) mass is 271 g/mol. The van der Waals surface area contributed by atoms with Crippen LogP contribution in [0.15, 0.2) is 30.3 Å². The van der Waals surface area contributed by atoms with Gasteiger partial charge in [-0.05, 0) is 23.6 Å². The number of nitrogens with one attached hydrogen (secondary N) is 1. The van der Waals surface area contributed by atoms with E-state index in [4.69, 9.17) is 4.74 Å². The lowest BCUT2D eigenvalue weighted by atomic mass is 10.0. The van der Waals surface area contributed by atoms with Crippen molar-refractivity contribution in [3.63, 3.8) is 0 Å². The lowest BCUT2D eigenvalue weighted by Crippen LogP contribution is -2.01. The Balaban J connectivity index is 2.20. The molecule has 0 fully saturated rings. The van der Waals surface area contributed by atoms with E-state index in [1.165, 1.54) is 5.56 Å². The molecule has 1 N–H and O–H groups in total. The van der Waals surface area contributed by atoms with E-state index in [0.717, 1.165) is 23.8 Å². The SMILES string of the molecule is CCc1nc(NC)cc(Oc2ccc(C(C)C)cc2)n1. The zero-order valence-electron chi connectivity index (χ0n) is 12.5. The molecule has 1 aromatic heterocycles. The third-order valence-electron chi connectivity index (χ3n) is 3.09. The topological polar surface area (TPSA) is 47.0 Å². The summed E-state index contributed by atoms with van der Waals surface area (Å²) in [5.74, 6) is 3.41. The molecule has 0 aliphatic rings. The minimum atomic E-state index is 0.519. The molecule has 0 unspecified atom stereocenters. The maximum absolute atomic E-state index is 5.81. The van der Waals surface area contributed by atoms with Crippen LogP contribution in [-0.2, 0) is 6.42 Å². The highest BCUT2D eigenvalue weighted by atomic mass is 16.5. The molecule has 0 spiro atoms. The Labute approximate surface area is 120 Å². The van der Waals surface area contributed by atoms with Crippen molar-refractivity contribution >= 4 is 5.82 Å². The average molecular weight is 271 g/mol. The van der Waals surface area contributed by atoms with Gasteiger partial charge in [0.1, 0.15) is 17.4 Å². The summed E-state index contributed by atoms with van der Waals surface area (Å²) in [4.78, 5) is 8.73. The quantitative estimate of drug-likeness (QED) is 0.893. The molecule has 4 nitrogen and oxygen atoms in total. The van der Waals surface area contributed by atoms with Crippen LogP contribution in [0.3, 0.4) is 0 Å². The Kier molecular flexibility index (Phi) is 4.56. The Bertz CT molecular complexity index is 542. The Morgan fingerprint density at radius 1 is 1.15 bits per heavy atom. The molecule has 0 aliphatic carbocycles. The normalized spacial score (nSPS) is 10.7. The molecule has 106 valence electrons. The van der Waals surface area contributed by atoms with Gasteiger partial charge in [0.25, 0.3) is 0 Å². The largest absolute Gasteiger partial charge is 0.439 e. The van der Waals surface area contributed by atoms with E-state index in [9.17, 15) is 0 Å². The fourth-order valence-corrected chi connectivity index (χ4v) is 1.85. The highest BCUT2D eigenvalue weighted by Crippen LogP contribution is 2.24. The van der Waals surface area contributed by atoms with Crippen LogP contribution >= 0.6 is 0 Å². The van der Waals surface area contributed by atoms with Gasteiger partial charge < -0.3 is 10.1 Å². The Hall–Kier alpha value is -2.10. The first-order valence-electron chi connectivity index (χ1n) is 6.96. The van der Waals surface area contributed by atoms with E-state index in [0.29, 0.717) is 11.8 Å². The third-order valence-corrected chi connectivity index (χ3v) is 3.09. The number of ether oxygens (including phenoxy) is 1. The first-order valence-corrected chi connectivity index (χ1v) is 6.96. The van der Waals surface area contributed by atoms with Crippen molar-refractivity contribution in [2.75, 3.05) is 12.4 Å². The highest BCUT2D eigenvalue weighted by Gasteiger charge is 2.05. The van der Waals surface area contributed by atoms with Gasteiger partial charge in [-0.1, -0.05) is 32.9 Å². The number of nitrogens with zero attached hydrogens (tertiary/aromatic N) is 2. The molecular formula is C16H21N3O. The van der Waals surface area contributed by atoms with E-state index in [2.05, 4.69) is 41.3 Å². The molecule has 2 aromatic rings. The fourth-order valence-electron chi connectivity index (χ4n) is 1.85.